The number of aryl methyl sites for hydroxylation is 1. The van der Waals surface area contributed by atoms with E-state index in [1.54, 1.807) is 35.1 Å². The highest BCUT2D eigenvalue weighted by Gasteiger charge is 2.08. The van der Waals surface area contributed by atoms with E-state index in [0.29, 0.717) is 0 Å². The van der Waals surface area contributed by atoms with Crippen LogP contribution in [0.5, 0.6) is 0 Å². The first kappa shape index (κ1) is 16.6. The number of aromatic nitrogens is 2. The molecule has 4 rings (SSSR count). The van der Waals surface area contributed by atoms with Crippen molar-refractivity contribution >= 4 is 34.6 Å². The summed E-state index contributed by atoms with van der Waals surface area (Å²) < 4.78 is 1.89. The molecule has 3 aromatic heterocycles. The molecule has 0 atom stereocenters. The van der Waals surface area contributed by atoms with Crippen LogP contribution in [0.4, 0.5) is 5.69 Å². The minimum atomic E-state index is 0.831. The van der Waals surface area contributed by atoms with Crippen molar-refractivity contribution < 1.29 is 0 Å². The summed E-state index contributed by atoms with van der Waals surface area (Å²) in [5, 5.41) is 8.85. The van der Waals surface area contributed by atoms with E-state index in [4.69, 9.17) is 4.99 Å². The van der Waals surface area contributed by atoms with Gasteiger partial charge in [-0.05, 0) is 36.6 Å². The SMILES string of the molecule is Cc1ccc(N=c2scc(-c3cccs3)n2N=Cc2cccnc2)cc1. The minimum Gasteiger partial charge on any atom is -0.264 e. The highest BCUT2D eigenvalue weighted by atomic mass is 32.1. The summed E-state index contributed by atoms with van der Waals surface area (Å²) in [5.74, 6) is 0. The van der Waals surface area contributed by atoms with Gasteiger partial charge < -0.3 is 0 Å². The lowest BCUT2D eigenvalue weighted by atomic mass is 10.2. The number of thiophene rings is 1. The Kier molecular flexibility index (Phi) is 4.86. The van der Waals surface area contributed by atoms with Crippen LogP contribution in [0.15, 0.2) is 81.8 Å². The minimum absolute atomic E-state index is 0.831. The van der Waals surface area contributed by atoms with Crippen molar-refractivity contribution in [3.05, 3.63) is 87.6 Å². The topological polar surface area (TPSA) is 42.5 Å². The number of thiazole rings is 1. The first-order valence-corrected chi connectivity index (χ1v) is 9.86. The molecule has 0 saturated heterocycles. The van der Waals surface area contributed by atoms with Gasteiger partial charge in [-0.25, -0.2) is 9.67 Å². The van der Waals surface area contributed by atoms with Crippen molar-refractivity contribution in [2.45, 2.75) is 6.92 Å². The molecule has 0 amide bonds. The third-order valence-electron chi connectivity index (χ3n) is 3.72. The number of benzene rings is 1. The van der Waals surface area contributed by atoms with Gasteiger partial charge in [-0.1, -0.05) is 29.8 Å². The average molecular weight is 377 g/mol. The number of rotatable bonds is 4. The average Bonchev–Trinajstić information content (AvgIpc) is 3.32. The van der Waals surface area contributed by atoms with Gasteiger partial charge in [-0.2, -0.15) is 5.10 Å². The predicted molar refractivity (Wildman–Crippen MR) is 109 cm³/mol. The lowest BCUT2D eigenvalue weighted by molar-refractivity contribution is 0.856. The van der Waals surface area contributed by atoms with Crippen LogP contribution in [0.25, 0.3) is 10.6 Å². The summed E-state index contributed by atoms with van der Waals surface area (Å²) in [4.78, 5) is 10.9. The van der Waals surface area contributed by atoms with Gasteiger partial charge in [0.25, 0.3) is 0 Å². The second-order valence-corrected chi connectivity index (χ2v) is 7.46. The molecule has 0 radical (unpaired) electrons. The van der Waals surface area contributed by atoms with E-state index in [2.05, 4.69) is 46.0 Å². The van der Waals surface area contributed by atoms with Crippen LogP contribution in [0.3, 0.4) is 0 Å². The standard InChI is InChI=1S/C20H16N4S2/c1-15-6-8-17(9-7-15)23-20-24(22-13-16-4-2-10-21-12-16)18(14-26-20)19-5-3-11-25-19/h2-14H,1H3. The lowest BCUT2D eigenvalue weighted by Crippen LogP contribution is -2.11. The Labute approximate surface area is 159 Å². The monoisotopic (exact) mass is 376 g/mol. The highest BCUT2D eigenvalue weighted by Crippen LogP contribution is 2.25. The first-order chi connectivity index (χ1) is 12.8. The summed E-state index contributed by atoms with van der Waals surface area (Å²) >= 11 is 3.27. The van der Waals surface area contributed by atoms with Crippen molar-refractivity contribution in [1.29, 1.82) is 0 Å². The summed E-state index contributed by atoms with van der Waals surface area (Å²) in [6, 6.07) is 16.2. The molecule has 1 aromatic carbocycles. The van der Waals surface area contributed by atoms with Gasteiger partial charge in [0, 0.05) is 23.3 Å². The van der Waals surface area contributed by atoms with Crippen LogP contribution in [-0.2, 0) is 0 Å². The molecule has 0 saturated carbocycles. The first-order valence-electron chi connectivity index (χ1n) is 8.10. The van der Waals surface area contributed by atoms with Gasteiger partial charge in [-0.3, -0.25) is 4.98 Å². The van der Waals surface area contributed by atoms with Crippen LogP contribution in [0.2, 0.25) is 0 Å². The second kappa shape index (κ2) is 7.59. The lowest BCUT2D eigenvalue weighted by Gasteiger charge is -2.01. The van der Waals surface area contributed by atoms with Crippen molar-refractivity contribution in [3.63, 3.8) is 0 Å². The molecule has 0 aliphatic carbocycles. The molecule has 3 heterocycles. The molecule has 0 aliphatic heterocycles. The fourth-order valence-electron chi connectivity index (χ4n) is 2.39. The predicted octanol–water partition coefficient (Wildman–Crippen LogP) is 5.10. The molecule has 0 fully saturated rings. The van der Waals surface area contributed by atoms with E-state index in [9.17, 15) is 0 Å². The third kappa shape index (κ3) is 3.71. The molecular weight excluding hydrogens is 360 g/mol. The largest absolute Gasteiger partial charge is 0.264 e. The molecular formula is C20H16N4S2. The Balaban J connectivity index is 1.82. The van der Waals surface area contributed by atoms with Gasteiger partial charge in [0.05, 0.1) is 22.5 Å². The molecule has 128 valence electrons. The van der Waals surface area contributed by atoms with Crippen molar-refractivity contribution in [1.82, 2.24) is 9.66 Å². The van der Waals surface area contributed by atoms with Crippen LogP contribution >= 0.6 is 22.7 Å². The van der Waals surface area contributed by atoms with Crippen LogP contribution in [-0.4, -0.2) is 15.9 Å². The smallest absolute Gasteiger partial charge is 0.211 e. The highest BCUT2D eigenvalue weighted by molar-refractivity contribution is 7.14. The van der Waals surface area contributed by atoms with E-state index < -0.39 is 0 Å². The summed E-state index contributed by atoms with van der Waals surface area (Å²) in [5.41, 5.74) is 4.12. The van der Waals surface area contributed by atoms with E-state index in [1.165, 1.54) is 5.56 Å². The summed E-state index contributed by atoms with van der Waals surface area (Å²) in [6.07, 6.45) is 5.35. The van der Waals surface area contributed by atoms with E-state index in [0.717, 1.165) is 26.6 Å². The van der Waals surface area contributed by atoms with Gasteiger partial charge in [0.15, 0.2) is 0 Å². The molecule has 26 heavy (non-hydrogen) atoms. The maximum absolute atomic E-state index is 4.78. The van der Waals surface area contributed by atoms with E-state index in [1.807, 2.05) is 41.2 Å². The maximum Gasteiger partial charge on any atom is 0.211 e. The van der Waals surface area contributed by atoms with Crippen molar-refractivity contribution in [2.75, 3.05) is 0 Å². The second-order valence-electron chi connectivity index (χ2n) is 5.67. The number of hydrogen-bond donors (Lipinski definition) is 0. The zero-order chi connectivity index (χ0) is 17.8. The number of hydrogen-bond acceptors (Lipinski definition) is 5. The number of nitrogens with zero attached hydrogens (tertiary/aromatic N) is 4. The fourth-order valence-corrected chi connectivity index (χ4v) is 4.04. The Bertz CT molecular complexity index is 1070. The van der Waals surface area contributed by atoms with E-state index >= 15 is 0 Å². The quantitative estimate of drug-likeness (QED) is 0.457. The van der Waals surface area contributed by atoms with Crippen molar-refractivity contribution in [3.8, 4) is 10.6 Å². The van der Waals surface area contributed by atoms with Crippen LogP contribution in [0, 0.1) is 6.92 Å². The Morgan fingerprint density at radius 1 is 1.04 bits per heavy atom. The zero-order valence-electron chi connectivity index (χ0n) is 14.1. The molecule has 0 bridgehead atoms. The van der Waals surface area contributed by atoms with Crippen LogP contribution in [0.1, 0.15) is 11.1 Å². The molecule has 6 heteroatoms. The Hall–Kier alpha value is -2.83. The third-order valence-corrected chi connectivity index (χ3v) is 5.43. The van der Waals surface area contributed by atoms with Crippen molar-refractivity contribution in [2.24, 2.45) is 10.1 Å². The normalized spacial score (nSPS) is 12.1. The zero-order valence-corrected chi connectivity index (χ0v) is 15.7. The van der Waals surface area contributed by atoms with Gasteiger partial charge in [0.2, 0.25) is 4.80 Å². The molecule has 4 aromatic rings. The molecule has 0 aliphatic rings. The van der Waals surface area contributed by atoms with E-state index in [-0.39, 0.29) is 0 Å². The van der Waals surface area contributed by atoms with Gasteiger partial charge in [0.1, 0.15) is 0 Å². The van der Waals surface area contributed by atoms with Crippen LogP contribution < -0.4 is 4.80 Å². The molecule has 0 N–H and O–H groups in total. The van der Waals surface area contributed by atoms with Gasteiger partial charge in [-0.15, -0.1) is 22.7 Å². The molecule has 0 spiro atoms. The Morgan fingerprint density at radius 2 is 1.92 bits per heavy atom. The Morgan fingerprint density at radius 3 is 2.65 bits per heavy atom. The molecule has 4 nitrogen and oxygen atoms in total. The molecule has 0 unspecified atom stereocenters. The number of pyridine rings is 1. The maximum atomic E-state index is 4.78. The van der Waals surface area contributed by atoms with Gasteiger partial charge >= 0.3 is 0 Å². The summed E-state index contributed by atoms with van der Waals surface area (Å²) in [6.45, 7) is 2.07. The summed E-state index contributed by atoms with van der Waals surface area (Å²) in [7, 11) is 0. The fraction of sp³-hybridized carbons (Fsp3) is 0.0500.